The highest BCUT2D eigenvalue weighted by molar-refractivity contribution is 7.47. The van der Waals surface area contributed by atoms with Gasteiger partial charge in [0.2, 0.25) is 0 Å². The van der Waals surface area contributed by atoms with Gasteiger partial charge in [-0.2, -0.15) is 0 Å². The zero-order chi connectivity index (χ0) is 69.6. The fourth-order valence-electron chi connectivity index (χ4n) is 11.4. The van der Waals surface area contributed by atoms with Gasteiger partial charge in [0.1, 0.15) is 19.3 Å². The fourth-order valence-corrected chi connectivity index (χ4v) is 13.0. The first-order valence-corrected chi connectivity index (χ1v) is 41.7. The van der Waals surface area contributed by atoms with Crippen LogP contribution in [0.15, 0.2) is 0 Å². The van der Waals surface area contributed by atoms with E-state index in [-0.39, 0.29) is 25.7 Å². The Morgan fingerprint density at radius 3 is 0.660 bits per heavy atom. The smallest absolute Gasteiger partial charge is 0.462 e. The average Bonchev–Trinajstić information content (AvgIpc) is 1.49. The summed E-state index contributed by atoms with van der Waals surface area (Å²) < 4.78 is 68.5. The van der Waals surface area contributed by atoms with E-state index in [1.807, 2.05) is 0 Å². The second-order valence-corrected chi connectivity index (χ2v) is 31.9. The molecule has 0 aliphatic heterocycles. The Labute approximate surface area is 575 Å². The normalized spacial score (nSPS) is 14.2. The monoisotopic (exact) mass is 1380 g/mol. The van der Waals surface area contributed by atoms with Gasteiger partial charge in [-0.3, -0.25) is 37.3 Å². The van der Waals surface area contributed by atoms with Crippen LogP contribution in [-0.2, 0) is 65.4 Å². The lowest BCUT2D eigenvalue weighted by Crippen LogP contribution is -2.30. The third kappa shape index (κ3) is 68.6. The van der Waals surface area contributed by atoms with Gasteiger partial charge in [0.25, 0.3) is 0 Å². The molecule has 0 heterocycles. The molecule has 558 valence electrons. The van der Waals surface area contributed by atoms with Crippen molar-refractivity contribution in [2.45, 2.75) is 395 Å². The van der Waals surface area contributed by atoms with Gasteiger partial charge in [0, 0.05) is 25.7 Å². The van der Waals surface area contributed by atoms with E-state index in [4.69, 9.17) is 37.0 Å². The number of rotatable bonds is 72. The molecular weight excluding hydrogens is 1230 g/mol. The van der Waals surface area contributed by atoms with Crippen LogP contribution in [0.5, 0.6) is 0 Å². The largest absolute Gasteiger partial charge is 0.472 e. The number of aliphatic hydroxyl groups is 1. The highest BCUT2D eigenvalue weighted by atomic mass is 31.2. The molecule has 0 radical (unpaired) electrons. The van der Waals surface area contributed by atoms with E-state index in [0.717, 1.165) is 114 Å². The highest BCUT2D eigenvalue weighted by Crippen LogP contribution is 2.45. The number of esters is 4. The molecule has 0 aliphatic rings. The molecule has 0 bridgehead atoms. The number of phosphoric ester groups is 2. The summed E-state index contributed by atoms with van der Waals surface area (Å²) in [4.78, 5) is 72.7. The van der Waals surface area contributed by atoms with Crippen molar-refractivity contribution in [1.29, 1.82) is 0 Å². The van der Waals surface area contributed by atoms with E-state index < -0.39 is 97.5 Å². The zero-order valence-electron chi connectivity index (χ0n) is 61.6. The number of hydrogen-bond donors (Lipinski definition) is 3. The molecule has 94 heavy (non-hydrogen) atoms. The van der Waals surface area contributed by atoms with E-state index in [0.29, 0.717) is 31.6 Å². The molecule has 0 saturated heterocycles. The molecule has 0 aromatic carbocycles. The molecule has 0 rings (SSSR count). The zero-order valence-corrected chi connectivity index (χ0v) is 63.4. The molecule has 0 aromatic heterocycles. The van der Waals surface area contributed by atoms with E-state index in [1.165, 1.54) is 173 Å². The number of phosphoric acid groups is 2. The molecule has 0 saturated carbocycles. The first-order valence-electron chi connectivity index (χ1n) is 38.7. The van der Waals surface area contributed by atoms with Crippen LogP contribution in [0.2, 0.25) is 0 Å². The molecule has 0 aromatic rings. The first kappa shape index (κ1) is 92.1. The fraction of sp³-hybridized carbons (Fsp3) is 0.947. The Balaban J connectivity index is 5.23. The number of aliphatic hydroxyl groups excluding tert-OH is 1. The maximum Gasteiger partial charge on any atom is 0.472 e. The van der Waals surface area contributed by atoms with Gasteiger partial charge in [-0.1, -0.05) is 325 Å². The Kier molecular flexibility index (Phi) is 63.1. The van der Waals surface area contributed by atoms with Crippen molar-refractivity contribution in [3.05, 3.63) is 0 Å². The van der Waals surface area contributed by atoms with E-state index >= 15 is 0 Å². The van der Waals surface area contributed by atoms with Gasteiger partial charge < -0.3 is 33.8 Å². The topological polar surface area (TPSA) is 237 Å². The van der Waals surface area contributed by atoms with E-state index in [1.54, 1.807) is 0 Å². The van der Waals surface area contributed by atoms with Crippen LogP contribution in [-0.4, -0.2) is 96.7 Å². The van der Waals surface area contributed by atoms with Crippen LogP contribution in [0, 0.1) is 23.7 Å². The molecule has 3 unspecified atom stereocenters. The standard InChI is InChI=1S/C75H146O17P2/c1-65(2)51-43-35-27-20-15-13-11-9-10-12-14-16-23-32-41-49-57-74(79)91-70(61-85-72(77)55-47-39-31-25-19-22-29-37-45-53-67(5)6)63-89-93(81,82)87-59-69(76)60-88-94(83,84)90-64-71(62-86-73(78)56-48-40-34-26-30-38-46-54-68(7)8)92-75(80)58-50-42-33-24-18-17-21-28-36-44-52-66(3)4/h65-71,76H,9-64H2,1-8H3,(H,81,82)(H,83,84)/t69?,70-,71-/m1/s1. The minimum Gasteiger partial charge on any atom is -0.462 e. The molecule has 17 nitrogen and oxygen atoms in total. The lowest BCUT2D eigenvalue weighted by molar-refractivity contribution is -0.161. The molecule has 19 heteroatoms. The van der Waals surface area contributed by atoms with Crippen LogP contribution in [0.3, 0.4) is 0 Å². The van der Waals surface area contributed by atoms with Crippen LogP contribution < -0.4 is 0 Å². The average molecular weight is 1380 g/mol. The molecule has 0 aliphatic carbocycles. The number of unbranched alkanes of at least 4 members (excludes halogenated alkanes) is 38. The second kappa shape index (κ2) is 64.4. The third-order valence-corrected chi connectivity index (χ3v) is 19.2. The maximum absolute atomic E-state index is 13.1. The summed E-state index contributed by atoms with van der Waals surface area (Å²) in [6, 6.07) is 0. The molecule has 0 fully saturated rings. The first-order chi connectivity index (χ1) is 45.1. The quantitative estimate of drug-likeness (QED) is 0.0222. The van der Waals surface area contributed by atoms with Gasteiger partial charge in [0.15, 0.2) is 12.2 Å². The predicted molar refractivity (Wildman–Crippen MR) is 381 cm³/mol. The predicted octanol–water partition coefficient (Wildman–Crippen LogP) is 21.7. The summed E-state index contributed by atoms with van der Waals surface area (Å²) in [5.74, 6) is 0.887. The molecule has 0 amide bonds. The summed E-state index contributed by atoms with van der Waals surface area (Å²) in [6.07, 6.45) is 48.7. The number of carbonyl (C=O) groups is 4. The minimum absolute atomic E-state index is 0.105. The summed E-state index contributed by atoms with van der Waals surface area (Å²) in [5, 5.41) is 10.6. The Bertz CT molecular complexity index is 1850. The Morgan fingerprint density at radius 1 is 0.266 bits per heavy atom. The van der Waals surface area contributed by atoms with Crippen LogP contribution in [0.4, 0.5) is 0 Å². The van der Waals surface area contributed by atoms with Gasteiger partial charge in [-0.15, -0.1) is 0 Å². The van der Waals surface area contributed by atoms with Crippen molar-refractivity contribution >= 4 is 39.5 Å². The van der Waals surface area contributed by atoms with Crippen molar-refractivity contribution < 1.29 is 80.2 Å². The summed E-state index contributed by atoms with van der Waals surface area (Å²) in [7, 11) is -9.91. The summed E-state index contributed by atoms with van der Waals surface area (Å²) in [5.41, 5.74) is 0. The van der Waals surface area contributed by atoms with Gasteiger partial charge in [0.05, 0.1) is 26.4 Å². The van der Waals surface area contributed by atoms with E-state index in [2.05, 4.69) is 55.4 Å². The lowest BCUT2D eigenvalue weighted by Gasteiger charge is -2.21. The van der Waals surface area contributed by atoms with Crippen molar-refractivity contribution in [2.75, 3.05) is 39.6 Å². The van der Waals surface area contributed by atoms with Crippen molar-refractivity contribution in [1.82, 2.24) is 0 Å². The highest BCUT2D eigenvalue weighted by Gasteiger charge is 2.30. The second-order valence-electron chi connectivity index (χ2n) is 28.9. The molecule has 3 N–H and O–H groups in total. The van der Waals surface area contributed by atoms with Crippen LogP contribution in [0.25, 0.3) is 0 Å². The van der Waals surface area contributed by atoms with Gasteiger partial charge in [-0.05, 0) is 49.4 Å². The Hall–Kier alpha value is -1.94. The van der Waals surface area contributed by atoms with Crippen molar-refractivity contribution in [3.8, 4) is 0 Å². The molecular formula is C75H146O17P2. The van der Waals surface area contributed by atoms with Crippen molar-refractivity contribution in [2.24, 2.45) is 23.7 Å². The summed E-state index contributed by atoms with van der Waals surface area (Å²) >= 11 is 0. The molecule has 5 atom stereocenters. The van der Waals surface area contributed by atoms with Crippen LogP contribution >= 0.6 is 15.6 Å². The van der Waals surface area contributed by atoms with Crippen LogP contribution in [0.1, 0.15) is 376 Å². The number of ether oxygens (including phenoxy) is 4. The van der Waals surface area contributed by atoms with Crippen molar-refractivity contribution in [3.63, 3.8) is 0 Å². The number of carbonyl (C=O) groups excluding carboxylic acids is 4. The summed E-state index contributed by atoms with van der Waals surface area (Å²) in [6.45, 7) is 14.1. The minimum atomic E-state index is -4.96. The lowest BCUT2D eigenvalue weighted by atomic mass is 10.0. The van der Waals surface area contributed by atoms with E-state index in [9.17, 15) is 43.2 Å². The SMILES string of the molecule is CC(C)CCCCCCCCCCCCCCCCCCC(=O)O[C@H](COC(=O)CCCCCCCCCCCC(C)C)COP(=O)(O)OCC(O)COP(=O)(O)OC[C@@H](COC(=O)CCCCCCCCCC(C)C)OC(=O)CCCCCCCCCCCCC(C)C. The van der Waals surface area contributed by atoms with Gasteiger partial charge >= 0.3 is 39.5 Å². The number of hydrogen-bond acceptors (Lipinski definition) is 15. The maximum atomic E-state index is 13.1. The molecule has 0 spiro atoms. The van der Waals surface area contributed by atoms with Gasteiger partial charge in [-0.25, -0.2) is 9.13 Å². The third-order valence-electron chi connectivity index (χ3n) is 17.3. The Morgan fingerprint density at radius 2 is 0.447 bits per heavy atom.